The van der Waals surface area contributed by atoms with Crippen LogP contribution in [0.5, 0.6) is 0 Å². The Balaban J connectivity index is 2.05. The lowest BCUT2D eigenvalue weighted by molar-refractivity contribution is 0.0697. The van der Waals surface area contributed by atoms with Gasteiger partial charge in [0.1, 0.15) is 11.4 Å². The Morgan fingerprint density at radius 1 is 1.60 bits per heavy atom. The van der Waals surface area contributed by atoms with Crippen molar-refractivity contribution in [1.29, 1.82) is 0 Å². The number of carboxylic acids is 1. The van der Waals surface area contributed by atoms with Crippen molar-refractivity contribution in [2.24, 2.45) is 5.92 Å². The number of carboxylic acid groups (broad SMARTS) is 1. The maximum Gasteiger partial charge on any atom is 0.341 e. The largest absolute Gasteiger partial charge is 0.477 e. The van der Waals surface area contributed by atoms with Crippen LogP contribution in [0, 0.1) is 5.92 Å². The summed E-state index contributed by atoms with van der Waals surface area (Å²) in [4.78, 5) is 10.9. The van der Waals surface area contributed by atoms with E-state index in [1.165, 1.54) is 19.0 Å². The van der Waals surface area contributed by atoms with Crippen LogP contribution in [0.4, 0.5) is 5.82 Å². The zero-order chi connectivity index (χ0) is 10.4. The molecule has 0 saturated heterocycles. The standard InChI is InChI=1S/C10H13N3O2/c14-10(15)7-5-12-13-8-3-1-2-6(8)4-11-9(7)13/h5-6,8,11H,1-4H2,(H,14,15). The fourth-order valence-electron chi connectivity index (χ4n) is 2.75. The van der Waals surface area contributed by atoms with E-state index in [0.29, 0.717) is 23.3 Å². The summed E-state index contributed by atoms with van der Waals surface area (Å²) in [6, 6.07) is 0.411. The molecule has 0 bridgehead atoms. The van der Waals surface area contributed by atoms with Gasteiger partial charge in [-0.1, -0.05) is 6.42 Å². The fourth-order valence-corrected chi connectivity index (χ4v) is 2.75. The summed E-state index contributed by atoms with van der Waals surface area (Å²) in [6.07, 6.45) is 5.02. The quantitative estimate of drug-likeness (QED) is 0.729. The van der Waals surface area contributed by atoms with E-state index in [1.54, 1.807) is 0 Å². The van der Waals surface area contributed by atoms with Gasteiger partial charge in [-0.3, -0.25) is 0 Å². The van der Waals surface area contributed by atoms with Gasteiger partial charge in [-0.25, -0.2) is 9.48 Å². The number of anilines is 1. The lowest BCUT2D eigenvalue weighted by Crippen LogP contribution is -2.30. The van der Waals surface area contributed by atoms with Crippen LogP contribution < -0.4 is 5.32 Å². The van der Waals surface area contributed by atoms with Crippen molar-refractivity contribution < 1.29 is 9.90 Å². The highest BCUT2D eigenvalue weighted by Gasteiger charge is 2.35. The predicted octanol–water partition coefficient (Wildman–Crippen LogP) is 1.35. The second-order valence-corrected chi connectivity index (χ2v) is 4.30. The van der Waals surface area contributed by atoms with Crippen molar-refractivity contribution in [3.8, 4) is 0 Å². The normalized spacial score (nSPS) is 28.0. The molecule has 1 fully saturated rings. The number of fused-ring (bicyclic) bond motifs is 3. The number of rotatable bonds is 1. The average Bonchev–Trinajstić information content (AvgIpc) is 2.82. The van der Waals surface area contributed by atoms with E-state index in [-0.39, 0.29) is 0 Å². The number of carbonyl (C=O) groups is 1. The van der Waals surface area contributed by atoms with E-state index in [1.807, 2.05) is 4.68 Å². The molecule has 2 N–H and O–H groups in total. The maximum atomic E-state index is 10.9. The number of aromatic nitrogens is 2. The van der Waals surface area contributed by atoms with Gasteiger partial charge in [0.25, 0.3) is 0 Å². The molecule has 1 aliphatic heterocycles. The monoisotopic (exact) mass is 207 g/mol. The second-order valence-electron chi connectivity index (χ2n) is 4.30. The maximum absolute atomic E-state index is 10.9. The van der Waals surface area contributed by atoms with Crippen molar-refractivity contribution in [2.45, 2.75) is 25.3 Å². The number of nitrogens with zero attached hydrogens (tertiary/aromatic N) is 2. The third-order valence-electron chi connectivity index (χ3n) is 3.49. The molecule has 5 nitrogen and oxygen atoms in total. The summed E-state index contributed by atoms with van der Waals surface area (Å²) in [5.74, 6) is 0.407. The summed E-state index contributed by atoms with van der Waals surface area (Å²) in [5.41, 5.74) is 0.292. The van der Waals surface area contributed by atoms with Gasteiger partial charge < -0.3 is 10.4 Å². The van der Waals surface area contributed by atoms with Gasteiger partial charge in [-0.15, -0.1) is 0 Å². The van der Waals surface area contributed by atoms with Crippen molar-refractivity contribution in [1.82, 2.24) is 9.78 Å². The molecule has 15 heavy (non-hydrogen) atoms. The highest BCUT2D eigenvalue weighted by molar-refractivity contribution is 5.93. The summed E-state index contributed by atoms with van der Waals surface area (Å²) in [6.45, 7) is 0.886. The number of aromatic carboxylic acids is 1. The molecule has 1 aliphatic carbocycles. The molecule has 80 valence electrons. The molecular weight excluding hydrogens is 194 g/mol. The van der Waals surface area contributed by atoms with Crippen molar-refractivity contribution in [2.75, 3.05) is 11.9 Å². The Kier molecular flexibility index (Phi) is 1.74. The molecule has 0 spiro atoms. The number of nitrogens with one attached hydrogen (secondary N) is 1. The zero-order valence-electron chi connectivity index (χ0n) is 8.31. The minimum atomic E-state index is -0.903. The molecule has 1 aromatic rings. The lowest BCUT2D eigenvalue weighted by atomic mass is 10.0. The van der Waals surface area contributed by atoms with Crippen LogP contribution in [-0.4, -0.2) is 27.4 Å². The predicted molar refractivity (Wildman–Crippen MR) is 54.1 cm³/mol. The third-order valence-corrected chi connectivity index (χ3v) is 3.49. The smallest absolute Gasteiger partial charge is 0.341 e. The van der Waals surface area contributed by atoms with Gasteiger partial charge >= 0.3 is 5.97 Å². The van der Waals surface area contributed by atoms with E-state index < -0.39 is 5.97 Å². The summed E-state index contributed by atoms with van der Waals surface area (Å²) < 4.78 is 1.87. The van der Waals surface area contributed by atoms with E-state index in [2.05, 4.69) is 10.4 Å². The summed E-state index contributed by atoms with van der Waals surface area (Å²) >= 11 is 0. The highest BCUT2D eigenvalue weighted by atomic mass is 16.4. The Bertz CT molecular complexity index is 413. The van der Waals surface area contributed by atoms with Crippen molar-refractivity contribution >= 4 is 11.8 Å². The van der Waals surface area contributed by atoms with Crippen LogP contribution in [0.15, 0.2) is 6.20 Å². The molecule has 5 heteroatoms. The first-order chi connectivity index (χ1) is 7.27. The van der Waals surface area contributed by atoms with Crippen LogP contribution in [0.3, 0.4) is 0 Å². The third kappa shape index (κ3) is 1.15. The fraction of sp³-hybridized carbons (Fsp3) is 0.600. The van der Waals surface area contributed by atoms with E-state index in [9.17, 15) is 4.79 Å². The molecular formula is C10H13N3O2. The Morgan fingerprint density at radius 3 is 3.27 bits per heavy atom. The molecule has 2 atom stereocenters. The molecule has 2 unspecified atom stereocenters. The first-order valence-corrected chi connectivity index (χ1v) is 5.32. The van der Waals surface area contributed by atoms with Gasteiger partial charge in [-0.2, -0.15) is 5.10 Å². The van der Waals surface area contributed by atoms with Crippen molar-refractivity contribution in [3.63, 3.8) is 0 Å². The number of hydrogen-bond acceptors (Lipinski definition) is 3. The van der Waals surface area contributed by atoms with Crippen LogP contribution >= 0.6 is 0 Å². The average molecular weight is 207 g/mol. The highest BCUT2D eigenvalue weighted by Crippen LogP contribution is 2.40. The van der Waals surface area contributed by atoms with Crippen molar-refractivity contribution in [3.05, 3.63) is 11.8 Å². The first kappa shape index (κ1) is 8.76. The molecule has 1 saturated carbocycles. The van der Waals surface area contributed by atoms with E-state index >= 15 is 0 Å². The molecule has 0 aromatic carbocycles. The zero-order valence-corrected chi connectivity index (χ0v) is 8.31. The van der Waals surface area contributed by atoms with Crippen LogP contribution in [0.25, 0.3) is 0 Å². The van der Waals surface area contributed by atoms with E-state index in [4.69, 9.17) is 5.11 Å². The minimum absolute atomic E-state index is 0.292. The minimum Gasteiger partial charge on any atom is -0.477 e. The molecule has 2 aliphatic rings. The van der Waals surface area contributed by atoms with Crippen LogP contribution in [-0.2, 0) is 0 Å². The Labute approximate surface area is 87.1 Å². The number of hydrogen-bond donors (Lipinski definition) is 2. The second kappa shape index (κ2) is 2.98. The molecule has 2 heterocycles. The SMILES string of the molecule is O=C(O)c1cnn2c1NCC1CCCC12. The van der Waals surface area contributed by atoms with Crippen LogP contribution in [0.1, 0.15) is 35.7 Å². The molecule has 0 amide bonds. The van der Waals surface area contributed by atoms with Gasteiger partial charge in [0.2, 0.25) is 0 Å². The van der Waals surface area contributed by atoms with Crippen LogP contribution in [0.2, 0.25) is 0 Å². The molecule has 1 aromatic heterocycles. The van der Waals surface area contributed by atoms with Gasteiger partial charge in [0.05, 0.1) is 12.2 Å². The lowest BCUT2D eigenvalue weighted by Gasteiger charge is -2.28. The van der Waals surface area contributed by atoms with E-state index in [0.717, 1.165) is 13.0 Å². The van der Waals surface area contributed by atoms with Gasteiger partial charge in [0, 0.05) is 6.54 Å². The van der Waals surface area contributed by atoms with Gasteiger partial charge in [-0.05, 0) is 18.8 Å². The topological polar surface area (TPSA) is 67.1 Å². The molecule has 0 radical (unpaired) electrons. The Hall–Kier alpha value is -1.52. The summed E-state index contributed by atoms with van der Waals surface area (Å²) in [5, 5.41) is 16.4. The van der Waals surface area contributed by atoms with Gasteiger partial charge in [0.15, 0.2) is 0 Å². The molecule has 3 rings (SSSR count). The first-order valence-electron chi connectivity index (χ1n) is 5.32. The summed E-state index contributed by atoms with van der Waals surface area (Å²) in [7, 11) is 0. The Morgan fingerprint density at radius 2 is 2.47 bits per heavy atom.